The van der Waals surface area contributed by atoms with E-state index in [1.54, 1.807) is 6.20 Å². The lowest BCUT2D eigenvalue weighted by atomic mass is 9.82. The summed E-state index contributed by atoms with van der Waals surface area (Å²) in [7, 11) is 0. The molecular weight excluding hydrogens is 224 g/mol. The van der Waals surface area contributed by atoms with Crippen LogP contribution < -0.4 is 5.32 Å². The van der Waals surface area contributed by atoms with Gasteiger partial charge in [-0.2, -0.15) is 0 Å². The number of pyridine rings is 1. The van der Waals surface area contributed by atoms with Gasteiger partial charge in [-0.05, 0) is 37.8 Å². The maximum atomic E-state index is 4.47. The molecule has 0 radical (unpaired) electrons. The molecule has 0 atom stereocenters. The highest BCUT2D eigenvalue weighted by atomic mass is 15.1. The molecule has 0 bridgehead atoms. The smallest absolute Gasteiger partial charge is 0.161 e. The van der Waals surface area contributed by atoms with Gasteiger partial charge in [-0.25, -0.2) is 9.97 Å². The summed E-state index contributed by atoms with van der Waals surface area (Å²) in [6.07, 6.45) is 8.07. The van der Waals surface area contributed by atoms with Gasteiger partial charge in [-0.1, -0.05) is 6.92 Å². The zero-order chi connectivity index (χ0) is 12.5. The number of nitrogens with one attached hydrogen (secondary N) is 1. The Bertz CT molecular complexity index is 540. The first-order chi connectivity index (χ1) is 8.74. The zero-order valence-corrected chi connectivity index (χ0v) is 10.8. The summed E-state index contributed by atoms with van der Waals surface area (Å²) >= 11 is 0. The molecule has 0 amide bonds. The van der Waals surface area contributed by atoms with Crippen molar-refractivity contribution in [2.24, 2.45) is 5.92 Å². The summed E-state index contributed by atoms with van der Waals surface area (Å²) in [6, 6.07) is 4.65. The fraction of sp³-hybridized carbons (Fsp3) is 0.429. The SMILES string of the molecule is Cc1nccn1-c1ncccc1NC1CC(C)C1. The fourth-order valence-corrected chi connectivity index (χ4v) is 2.54. The third-order valence-electron chi connectivity index (χ3n) is 3.57. The van der Waals surface area contributed by atoms with Crippen molar-refractivity contribution < 1.29 is 0 Å². The first-order valence-corrected chi connectivity index (χ1v) is 6.46. The van der Waals surface area contributed by atoms with E-state index in [4.69, 9.17) is 0 Å². The van der Waals surface area contributed by atoms with E-state index in [1.165, 1.54) is 12.8 Å². The van der Waals surface area contributed by atoms with Crippen molar-refractivity contribution in [2.75, 3.05) is 5.32 Å². The summed E-state index contributed by atoms with van der Waals surface area (Å²) in [5.41, 5.74) is 1.09. The Balaban J connectivity index is 1.88. The van der Waals surface area contributed by atoms with E-state index < -0.39 is 0 Å². The van der Waals surface area contributed by atoms with Gasteiger partial charge in [0.15, 0.2) is 5.82 Å². The van der Waals surface area contributed by atoms with Crippen LogP contribution in [0.4, 0.5) is 5.69 Å². The first kappa shape index (κ1) is 11.3. The Morgan fingerprint density at radius 2 is 2.11 bits per heavy atom. The Hall–Kier alpha value is -1.84. The van der Waals surface area contributed by atoms with Crippen molar-refractivity contribution in [2.45, 2.75) is 32.7 Å². The van der Waals surface area contributed by atoms with Gasteiger partial charge in [-0.15, -0.1) is 0 Å². The quantitative estimate of drug-likeness (QED) is 0.900. The molecule has 2 heterocycles. The van der Waals surface area contributed by atoms with Gasteiger partial charge in [-0.3, -0.25) is 4.57 Å². The number of aryl methyl sites for hydroxylation is 1. The highest BCUT2D eigenvalue weighted by Gasteiger charge is 2.25. The summed E-state index contributed by atoms with van der Waals surface area (Å²) in [4.78, 5) is 8.73. The van der Waals surface area contributed by atoms with Crippen LogP contribution in [0, 0.1) is 12.8 Å². The molecule has 18 heavy (non-hydrogen) atoms. The maximum Gasteiger partial charge on any atom is 0.161 e. The predicted molar refractivity (Wildman–Crippen MR) is 71.9 cm³/mol. The minimum atomic E-state index is 0.590. The second-order valence-electron chi connectivity index (χ2n) is 5.14. The molecule has 1 saturated carbocycles. The van der Waals surface area contributed by atoms with Gasteiger partial charge in [0.05, 0.1) is 5.69 Å². The summed E-state index contributed by atoms with van der Waals surface area (Å²) in [6.45, 7) is 4.28. The molecule has 1 N–H and O–H groups in total. The number of nitrogens with zero attached hydrogens (tertiary/aromatic N) is 3. The van der Waals surface area contributed by atoms with Crippen LogP contribution in [0.3, 0.4) is 0 Å². The number of imidazole rings is 1. The molecule has 2 aromatic heterocycles. The molecule has 3 rings (SSSR count). The number of rotatable bonds is 3. The second-order valence-corrected chi connectivity index (χ2v) is 5.14. The third-order valence-corrected chi connectivity index (χ3v) is 3.57. The minimum absolute atomic E-state index is 0.590. The van der Waals surface area contributed by atoms with Crippen LogP contribution in [0.25, 0.3) is 5.82 Å². The van der Waals surface area contributed by atoms with Crippen molar-refractivity contribution in [1.29, 1.82) is 0 Å². The summed E-state index contributed by atoms with van der Waals surface area (Å²) in [5, 5.41) is 3.58. The van der Waals surface area contributed by atoms with Crippen LogP contribution in [0.1, 0.15) is 25.6 Å². The monoisotopic (exact) mass is 242 g/mol. The Labute approximate surface area is 107 Å². The lowest BCUT2D eigenvalue weighted by molar-refractivity contribution is 0.309. The highest BCUT2D eigenvalue weighted by molar-refractivity contribution is 5.57. The molecule has 2 aromatic rings. The van der Waals surface area contributed by atoms with Crippen molar-refractivity contribution in [3.8, 4) is 5.82 Å². The van der Waals surface area contributed by atoms with E-state index in [-0.39, 0.29) is 0 Å². The highest BCUT2D eigenvalue weighted by Crippen LogP contribution is 2.30. The number of hydrogen-bond donors (Lipinski definition) is 1. The van der Waals surface area contributed by atoms with E-state index in [0.29, 0.717) is 6.04 Å². The maximum absolute atomic E-state index is 4.47. The molecule has 0 unspecified atom stereocenters. The summed E-state index contributed by atoms with van der Waals surface area (Å²) in [5.74, 6) is 2.74. The van der Waals surface area contributed by atoms with Crippen LogP contribution in [-0.2, 0) is 0 Å². The molecule has 0 aromatic carbocycles. The average molecular weight is 242 g/mol. The van der Waals surface area contributed by atoms with Gasteiger partial charge in [0.25, 0.3) is 0 Å². The first-order valence-electron chi connectivity index (χ1n) is 6.46. The topological polar surface area (TPSA) is 42.7 Å². The normalized spacial score (nSPS) is 22.6. The fourth-order valence-electron chi connectivity index (χ4n) is 2.54. The second kappa shape index (κ2) is 4.44. The molecule has 1 aliphatic rings. The van der Waals surface area contributed by atoms with Crippen LogP contribution in [-0.4, -0.2) is 20.6 Å². The molecule has 0 aliphatic heterocycles. The van der Waals surface area contributed by atoms with Crippen molar-refractivity contribution in [3.05, 3.63) is 36.5 Å². The van der Waals surface area contributed by atoms with E-state index >= 15 is 0 Å². The lowest BCUT2D eigenvalue weighted by Gasteiger charge is -2.34. The van der Waals surface area contributed by atoms with Gasteiger partial charge < -0.3 is 5.32 Å². The van der Waals surface area contributed by atoms with E-state index in [2.05, 4.69) is 28.3 Å². The number of aromatic nitrogens is 3. The van der Waals surface area contributed by atoms with Gasteiger partial charge in [0.2, 0.25) is 0 Å². The lowest BCUT2D eigenvalue weighted by Crippen LogP contribution is -2.34. The largest absolute Gasteiger partial charge is 0.379 e. The number of hydrogen-bond acceptors (Lipinski definition) is 3. The van der Waals surface area contributed by atoms with E-state index in [9.17, 15) is 0 Å². The van der Waals surface area contributed by atoms with Crippen LogP contribution in [0.5, 0.6) is 0 Å². The van der Waals surface area contributed by atoms with Gasteiger partial charge in [0, 0.05) is 24.6 Å². The van der Waals surface area contributed by atoms with Crippen molar-refractivity contribution in [1.82, 2.24) is 14.5 Å². The van der Waals surface area contributed by atoms with E-state index in [0.717, 1.165) is 23.2 Å². The van der Waals surface area contributed by atoms with Crippen LogP contribution in [0.15, 0.2) is 30.7 Å². The molecule has 0 spiro atoms. The van der Waals surface area contributed by atoms with Gasteiger partial charge >= 0.3 is 0 Å². The molecule has 94 valence electrons. The van der Waals surface area contributed by atoms with E-state index in [1.807, 2.05) is 30.0 Å². The summed E-state index contributed by atoms with van der Waals surface area (Å²) < 4.78 is 2.02. The molecular formula is C14H18N4. The van der Waals surface area contributed by atoms with Gasteiger partial charge in [0.1, 0.15) is 5.82 Å². The predicted octanol–water partition coefficient (Wildman–Crippen LogP) is 2.79. The molecule has 1 fully saturated rings. The molecule has 4 heteroatoms. The minimum Gasteiger partial charge on any atom is -0.379 e. The van der Waals surface area contributed by atoms with Crippen LogP contribution >= 0.6 is 0 Å². The zero-order valence-electron chi connectivity index (χ0n) is 10.8. The standard InChI is InChI=1S/C14H18N4/c1-10-8-12(9-10)17-13-4-3-5-16-14(13)18-7-6-15-11(18)2/h3-7,10,12,17H,8-9H2,1-2H3. The number of anilines is 1. The molecule has 1 aliphatic carbocycles. The molecule has 4 nitrogen and oxygen atoms in total. The van der Waals surface area contributed by atoms with Crippen LogP contribution in [0.2, 0.25) is 0 Å². The Kier molecular flexibility index (Phi) is 2.78. The third kappa shape index (κ3) is 1.98. The van der Waals surface area contributed by atoms with Crippen molar-refractivity contribution in [3.63, 3.8) is 0 Å². The molecule has 0 saturated heterocycles. The Morgan fingerprint density at radius 1 is 1.28 bits per heavy atom. The Morgan fingerprint density at radius 3 is 2.78 bits per heavy atom. The average Bonchev–Trinajstić information content (AvgIpc) is 2.74. The van der Waals surface area contributed by atoms with Crippen molar-refractivity contribution >= 4 is 5.69 Å².